The van der Waals surface area contributed by atoms with E-state index in [0.717, 1.165) is 12.8 Å². The van der Waals surface area contributed by atoms with Crippen LogP contribution in [0.15, 0.2) is 0 Å². The fourth-order valence-electron chi connectivity index (χ4n) is 4.23. The Morgan fingerprint density at radius 1 is 0.644 bits per heavy atom. The zero-order valence-electron chi connectivity index (χ0n) is 27.4. The van der Waals surface area contributed by atoms with Crippen LogP contribution in [-0.4, -0.2) is 75.0 Å². The second kappa shape index (κ2) is 37.3. The van der Waals surface area contributed by atoms with Crippen molar-refractivity contribution in [2.75, 3.05) is 14.1 Å². The number of halogens is 4. The Morgan fingerprint density at radius 3 is 1.20 bits per heavy atom. The maximum absolute atomic E-state index is 11.9. The second-order valence-corrected chi connectivity index (χ2v) is 11.9. The summed E-state index contributed by atoms with van der Waals surface area (Å²) < 4.78 is 3.39. The summed E-state index contributed by atoms with van der Waals surface area (Å²) in [6, 6.07) is 0. The summed E-state index contributed by atoms with van der Waals surface area (Å²) >= 11 is 18.1. The Labute approximate surface area is 290 Å². The second-order valence-electron chi connectivity index (χ2n) is 10.8. The van der Waals surface area contributed by atoms with Crippen LogP contribution in [0.1, 0.15) is 136 Å². The average Bonchev–Trinajstić information content (AvgIpc) is 2.94. The molecular formula is C29H58Cl4N4O8. The zero-order chi connectivity index (χ0) is 35.5. The number of hydrogen-bond acceptors (Lipinski definition) is 8. The molecule has 0 spiro atoms. The van der Waals surface area contributed by atoms with Crippen LogP contribution in [-0.2, 0) is 19.2 Å². The van der Waals surface area contributed by atoms with Gasteiger partial charge in [0.05, 0.1) is 19.0 Å². The normalized spacial score (nSPS) is 11.2. The van der Waals surface area contributed by atoms with E-state index in [1.807, 2.05) is 14.1 Å². The smallest absolute Gasteiger partial charge is 0.336 e. The number of hydrogen-bond donors (Lipinski definition) is 7. The molecule has 1 atom stereocenters. The zero-order valence-corrected chi connectivity index (χ0v) is 30.4. The Kier molecular flexibility index (Phi) is 42.1. The summed E-state index contributed by atoms with van der Waals surface area (Å²) in [6.45, 7) is 4.39. The van der Waals surface area contributed by atoms with Gasteiger partial charge in [-0.1, -0.05) is 104 Å². The highest BCUT2D eigenvalue weighted by molar-refractivity contribution is 6.34. The highest BCUT2D eigenvalue weighted by Crippen LogP contribution is 2.16. The lowest BCUT2D eigenvalue weighted by molar-refractivity contribution is -0.170. The number of unbranched alkanes of at least 4 members (excludes halogenated alkanes) is 14. The van der Waals surface area contributed by atoms with Crippen LogP contribution in [0.25, 0.3) is 0 Å². The summed E-state index contributed by atoms with van der Waals surface area (Å²) in [5, 5.41) is 36.9. The number of carbonyl (C=O) groups excluding carboxylic acids is 1. The van der Waals surface area contributed by atoms with Gasteiger partial charge in [-0.3, -0.25) is 19.3 Å². The quantitative estimate of drug-likeness (QED) is 0.0303. The lowest BCUT2D eigenvalue weighted by atomic mass is 9.96. The van der Waals surface area contributed by atoms with Crippen molar-refractivity contribution in [3.63, 3.8) is 0 Å². The average molecular weight is 733 g/mol. The molecule has 0 fully saturated rings. The predicted molar refractivity (Wildman–Crippen MR) is 182 cm³/mol. The third-order valence-corrected chi connectivity index (χ3v) is 6.63. The molecule has 0 aromatic heterocycles. The molecule has 1 unspecified atom stereocenters. The van der Waals surface area contributed by atoms with Crippen molar-refractivity contribution in [1.29, 1.82) is 0 Å². The van der Waals surface area contributed by atoms with Gasteiger partial charge >= 0.3 is 17.9 Å². The topological polar surface area (TPSA) is 189 Å². The Balaban J connectivity index is -0.000000366. The molecule has 0 aromatic rings. The van der Waals surface area contributed by atoms with E-state index < -0.39 is 36.4 Å². The number of aliphatic hydroxyl groups is 1. The Morgan fingerprint density at radius 2 is 0.956 bits per heavy atom. The van der Waals surface area contributed by atoms with Crippen LogP contribution in [0.4, 0.5) is 0 Å². The number of carboxylic acids is 3. The molecule has 0 saturated heterocycles. The van der Waals surface area contributed by atoms with E-state index in [2.05, 4.69) is 71.2 Å². The minimum atomic E-state index is -2.74. The van der Waals surface area contributed by atoms with Gasteiger partial charge in [-0.05, 0) is 74.0 Å². The summed E-state index contributed by atoms with van der Waals surface area (Å²) in [5.74, 6) is -4.81. The van der Waals surface area contributed by atoms with E-state index in [1.165, 1.54) is 89.9 Å². The molecule has 45 heavy (non-hydrogen) atoms. The first-order chi connectivity index (χ1) is 21.2. The Bertz CT molecular complexity index is 708. The first kappa shape index (κ1) is 50.7. The molecule has 0 aliphatic heterocycles. The van der Waals surface area contributed by atoms with E-state index in [4.69, 9.17) is 20.4 Å². The van der Waals surface area contributed by atoms with Gasteiger partial charge in [-0.2, -0.15) is 0 Å². The summed E-state index contributed by atoms with van der Waals surface area (Å²) in [6.07, 6.45) is 20.0. The predicted octanol–water partition coefficient (Wildman–Crippen LogP) is 7.18. The summed E-state index contributed by atoms with van der Waals surface area (Å²) in [5.41, 5.74) is -2.74. The number of rotatable bonds is 24. The Hall–Kier alpha value is -1.12. The van der Waals surface area contributed by atoms with Crippen LogP contribution in [0.3, 0.4) is 0 Å². The van der Waals surface area contributed by atoms with Gasteiger partial charge in [0, 0.05) is 6.42 Å². The molecule has 270 valence electrons. The molecule has 16 heteroatoms. The maximum Gasteiger partial charge on any atom is 0.336 e. The standard InChI is InChI=1S/C23H48N2O.C6H8O7.2Cl2HN/c1-5-7-8-9-10-11-12-13-14-15-16-17-18-19-20-21-23(26)24-22(6-2)25(3)4;7-3(8)1-6(13,5(11)12)2-4(9)10;2*1-3-2/h22H,5-21H2,1-4H3,(H,24,26);13H,1-2H2,(H,7,8)(H,9,10)(H,11,12);2*3H. The molecule has 0 aliphatic carbocycles. The third kappa shape index (κ3) is 40.9. The minimum Gasteiger partial charge on any atom is -0.481 e. The van der Waals surface area contributed by atoms with E-state index in [0.29, 0.717) is 6.42 Å². The van der Waals surface area contributed by atoms with Gasteiger partial charge in [0.2, 0.25) is 5.91 Å². The van der Waals surface area contributed by atoms with Gasteiger partial charge in [0.1, 0.15) is 0 Å². The van der Waals surface area contributed by atoms with Gasteiger partial charge in [0.25, 0.3) is 0 Å². The fraction of sp³-hybridized carbons (Fsp3) is 0.862. The monoisotopic (exact) mass is 730 g/mol. The molecule has 0 aromatic carbocycles. The molecule has 0 aliphatic rings. The number of amides is 1. The number of carboxylic acid groups (broad SMARTS) is 3. The molecule has 0 bridgehead atoms. The fourth-order valence-corrected chi connectivity index (χ4v) is 4.23. The molecular weight excluding hydrogens is 674 g/mol. The first-order valence-electron chi connectivity index (χ1n) is 15.5. The number of carbonyl (C=O) groups is 4. The van der Waals surface area contributed by atoms with Crippen molar-refractivity contribution in [2.24, 2.45) is 0 Å². The van der Waals surface area contributed by atoms with Crippen LogP contribution in [0, 0.1) is 0 Å². The summed E-state index contributed by atoms with van der Waals surface area (Å²) in [7, 11) is 4.03. The van der Waals surface area contributed by atoms with Crippen molar-refractivity contribution in [3.8, 4) is 0 Å². The lowest BCUT2D eigenvalue weighted by Crippen LogP contribution is -2.44. The SMILES string of the molecule is CCCCCCCCCCCCCCCCCC(=O)NC(CC)N(C)C.ClNCl.ClNCl.O=C(O)CC(O)(CC(=O)O)C(=O)O. The lowest BCUT2D eigenvalue weighted by Gasteiger charge is -2.23. The molecule has 1 amide bonds. The highest BCUT2D eigenvalue weighted by atomic mass is 35.5. The van der Waals surface area contributed by atoms with Crippen molar-refractivity contribution < 1.29 is 39.6 Å². The van der Waals surface area contributed by atoms with E-state index in [-0.39, 0.29) is 12.1 Å². The van der Waals surface area contributed by atoms with Crippen molar-refractivity contribution >= 4 is 70.9 Å². The van der Waals surface area contributed by atoms with Crippen molar-refractivity contribution in [3.05, 3.63) is 0 Å². The molecule has 12 nitrogen and oxygen atoms in total. The number of nitrogens with zero attached hydrogens (tertiary/aromatic N) is 1. The van der Waals surface area contributed by atoms with Crippen LogP contribution < -0.4 is 14.0 Å². The molecule has 0 saturated carbocycles. The molecule has 0 rings (SSSR count). The summed E-state index contributed by atoms with van der Waals surface area (Å²) in [4.78, 5) is 44.5. The molecule has 7 N–H and O–H groups in total. The molecule has 0 heterocycles. The van der Waals surface area contributed by atoms with Gasteiger partial charge < -0.3 is 25.7 Å². The number of aliphatic carboxylic acids is 3. The van der Waals surface area contributed by atoms with Crippen molar-refractivity contribution in [2.45, 2.75) is 148 Å². The van der Waals surface area contributed by atoms with E-state index >= 15 is 0 Å². The van der Waals surface area contributed by atoms with Crippen LogP contribution in [0.5, 0.6) is 0 Å². The van der Waals surface area contributed by atoms with Gasteiger partial charge in [-0.25, -0.2) is 4.79 Å². The maximum atomic E-state index is 11.9. The van der Waals surface area contributed by atoms with E-state index in [9.17, 15) is 19.2 Å². The van der Waals surface area contributed by atoms with Gasteiger partial charge in [0.15, 0.2) is 5.60 Å². The molecule has 0 radical (unpaired) electrons. The van der Waals surface area contributed by atoms with Crippen LogP contribution in [0.2, 0.25) is 0 Å². The van der Waals surface area contributed by atoms with E-state index in [1.54, 1.807) is 8.71 Å². The third-order valence-electron chi connectivity index (χ3n) is 6.63. The minimum absolute atomic E-state index is 0.179. The first-order valence-corrected chi connectivity index (χ1v) is 17.0. The number of nitrogens with one attached hydrogen (secondary N) is 3. The van der Waals surface area contributed by atoms with Gasteiger partial charge in [-0.15, -0.1) is 8.71 Å². The highest BCUT2D eigenvalue weighted by Gasteiger charge is 2.40. The van der Waals surface area contributed by atoms with Crippen molar-refractivity contribution in [1.82, 2.24) is 18.9 Å². The van der Waals surface area contributed by atoms with Crippen LogP contribution >= 0.6 is 47.1 Å². The largest absolute Gasteiger partial charge is 0.481 e.